The number of aliphatic hydroxyl groups excluding tert-OH is 1. The Bertz CT molecular complexity index is 288. The molecule has 0 radical (unpaired) electrons. The summed E-state index contributed by atoms with van der Waals surface area (Å²) < 4.78 is 5.80. The average Bonchev–Trinajstić information content (AvgIpc) is 3.17. The minimum atomic E-state index is 0.341. The summed E-state index contributed by atoms with van der Waals surface area (Å²) in [6.07, 6.45) is 4.32. The molecule has 1 aliphatic heterocycles. The van der Waals surface area contributed by atoms with Gasteiger partial charge >= 0.3 is 0 Å². The Morgan fingerprint density at radius 3 is 2.76 bits per heavy atom. The van der Waals surface area contributed by atoms with Gasteiger partial charge in [-0.15, -0.1) is 0 Å². The minimum absolute atomic E-state index is 0.341. The van der Waals surface area contributed by atoms with E-state index in [9.17, 15) is 5.11 Å². The lowest BCUT2D eigenvalue weighted by molar-refractivity contribution is 0.0226. The number of piperidine rings is 1. The number of aliphatic hydroxyl groups is 1. The normalized spacial score (nSPS) is 38.5. The SMILES string of the molecule is CC(C)OCC1(CN2CC3CC3C2CO)CC1. The second-order valence-corrected chi connectivity index (χ2v) is 6.70. The van der Waals surface area contributed by atoms with Crippen LogP contribution < -0.4 is 0 Å². The van der Waals surface area contributed by atoms with Gasteiger partial charge in [0.1, 0.15) is 0 Å². The molecule has 2 aliphatic carbocycles. The van der Waals surface area contributed by atoms with Crippen LogP contribution in [0.5, 0.6) is 0 Å². The molecule has 3 heteroatoms. The molecule has 17 heavy (non-hydrogen) atoms. The van der Waals surface area contributed by atoms with Crippen LogP contribution in [0.1, 0.15) is 33.1 Å². The molecular formula is C14H25NO2. The Morgan fingerprint density at radius 2 is 2.18 bits per heavy atom. The van der Waals surface area contributed by atoms with E-state index in [1.54, 1.807) is 0 Å². The molecule has 3 fully saturated rings. The summed E-state index contributed by atoms with van der Waals surface area (Å²) in [5, 5.41) is 9.50. The number of nitrogens with zero attached hydrogens (tertiary/aromatic N) is 1. The summed E-state index contributed by atoms with van der Waals surface area (Å²) in [5.41, 5.74) is 0.425. The zero-order valence-corrected chi connectivity index (χ0v) is 11.1. The van der Waals surface area contributed by atoms with Gasteiger partial charge < -0.3 is 9.84 Å². The molecule has 98 valence electrons. The van der Waals surface area contributed by atoms with E-state index in [0.717, 1.165) is 25.0 Å². The molecule has 0 spiro atoms. The summed E-state index contributed by atoms with van der Waals surface area (Å²) in [5.74, 6) is 1.70. The Morgan fingerprint density at radius 1 is 1.41 bits per heavy atom. The van der Waals surface area contributed by atoms with Crippen LogP contribution in [0, 0.1) is 17.3 Å². The van der Waals surface area contributed by atoms with Crippen LogP contribution in [0.2, 0.25) is 0 Å². The van der Waals surface area contributed by atoms with Crippen molar-refractivity contribution in [1.82, 2.24) is 4.90 Å². The molecule has 0 aromatic rings. The fraction of sp³-hybridized carbons (Fsp3) is 1.00. The second-order valence-electron chi connectivity index (χ2n) is 6.70. The fourth-order valence-electron chi connectivity index (χ4n) is 3.39. The van der Waals surface area contributed by atoms with Gasteiger partial charge in [-0.2, -0.15) is 0 Å². The quantitative estimate of drug-likeness (QED) is 0.762. The fourth-order valence-corrected chi connectivity index (χ4v) is 3.39. The average molecular weight is 239 g/mol. The molecule has 3 nitrogen and oxygen atoms in total. The molecule has 1 N–H and O–H groups in total. The highest BCUT2D eigenvalue weighted by Gasteiger charge is 2.55. The molecule has 1 saturated heterocycles. The van der Waals surface area contributed by atoms with Crippen LogP contribution in [0.15, 0.2) is 0 Å². The van der Waals surface area contributed by atoms with Gasteiger partial charge in [-0.1, -0.05) is 0 Å². The highest BCUT2D eigenvalue weighted by molar-refractivity contribution is 5.07. The Balaban J connectivity index is 1.52. The maximum atomic E-state index is 9.50. The number of hydrogen-bond acceptors (Lipinski definition) is 3. The van der Waals surface area contributed by atoms with Crippen LogP contribution in [0.3, 0.4) is 0 Å². The first kappa shape index (κ1) is 11.9. The topological polar surface area (TPSA) is 32.7 Å². The highest BCUT2D eigenvalue weighted by Crippen LogP contribution is 2.53. The van der Waals surface area contributed by atoms with E-state index < -0.39 is 0 Å². The molecule has 3 rings (SSSR count). The number of fused-ring (bicyclic) bond motifs is 1. The standard InChI is InChI=1S/C14H25NO2/c1-10(2)17-9-14(3-4-14)8-15-6-11-5-12(11)13(15)7-16/h10-13,16H,3-9H2,1-2H3. The van der Waals surface area contributed by atoms with Crippen LogP contribution >= 0.6 is 0 Å². The van der Waals surface area contributed by atoms with E-state index in [2.05, 4.69) is 18.7 Å². The van der Waals surface area contributed by atoms with Gasteiger partial charge in [0.2, 0.25) is 0 Å². The van der Waals surface area contributed by atoms with Crippen molar-refractivity contribution in [2.75, 3.05) is 26.3 Å². The van der Waals surface area contributed by atoms with E-state index in [4.69, 9.17) is 4.74 Å². The third kappa shape index (κ3) is 2.38. The van der Waals surface area contributed by atoms with Crippen molar-refractivity contribution in [3.05, 3.63) is 0 Å². The van der Waals surface area contributed by atoms with Gasteiger partial charge in [0, 0.05) is 24.5 Å². The number of ether oxygens (including phenoxy) is 1. The van der Waals surface area contributed by atoms with Gasteiger partial charge in [0.15, 0.2) is 0 Å². The molecule has 0 bridgehead atoms. The lowest BCUT2D eigenvalue weighted by atomic mass is 10.1. The number of rotatable bonds is 6. The van der Waals surface area contributed by atoms with Gasteiger partial charge in [0.25, 0.3) is 0 Å². The van der Waals surface area contributed by atoms with Crippen molar-refractivity contribution in [3.8, 4) is 0 Å². The van der Waals surface area contributed by atoms with Crippen LogP contribution in [-0.2, 0) is 4.74 Å². The first-order valence-electron chi connectivity index (χ1n) is 7.10. The Labute approximate surface area is 104 Å². The third-order valence-corrected chi connectivity index (χ3v) is 4.82. The number of likely N-dealkylation sites (tertiary alicyclic amines) is 1. The van der Waals surface area contributed by atoms with E-state index >= 15 is 0 Å². The lowest BCUT2D eigenvalue weighted by Crippen LogP contribution is -2.41. The van der Waals surface area contributed by atoms with Gasteiger partial charge in [-0.05, 0) is 44.9 Å². The predicted molar refractivity (Wildman–Crippen MR) is 66.8 cm³/mol. The largest absolute Gasteiger partial charge is 0.395 e. The van der Waals surface area contributed by atoms with E-state index in [1.807, 2.05) is 0 Å². The lowest BCUT2D eigenvalue weighted by Gasteiger charge is -2.30. The van der Waals surface area contributed by atoms with Gasteiger partial charge in [-0.25, -0.2) is 0 Å². The summed E-state index contributed by atoms with van der Waals surface area (Å²) in [4.78, 5) is 2.54. The number of hydrogen-bond donors (Lipinski definition) is 1. The molecule has 0 amide bonds. The maximum absolute atomic E-state index is 9.50. The summed E-state index contributed by atoms with van der Waals surface area (Å²) in [6.45, 7) is 7.85. The first-order chi connectivity index (χ1) is 8.13. The van der Waals surface area contributed by atoms with Crippen molar-refractivity contribution >= 4 is 0 Å². The molecule has 3 aliphatic rings. The molecule has 2 saturated carbocycles. The van der Waals surface area contributed by atoms with E-state index in [-0.39, 0.29) is 0 Å². The Hall–Kier alpha value is -0.120. The second kappa shape index (κ2) is 4.22. The zero-order valence-electron chi connectivity index (χ0n) is 11.1. The molecule has 3 unspecified atom stereocenters. The monoisotopic (exact) mass is 239 g/mol. The molecule has 3 atom stereocenters. The van der Waals surface area contributed by atoms with Crippen molar-refractivity contribution in [2.45, 2.75) is 45.3 Å². The highest BCUT2D eigenvalue weighted by atomic mass is 16.5. The van der Waals surface area contributed by atoms with Crippen LogP contribution in [-0.4, -0.2) is 48.5 Å². The molecule has 0 aromatic carbocycles. The first-order valence-corrected chi connectivity index (χ1v) is 7.10. The predicted octanol–water partition coefficient (Wildman–Crippen LogP) is 1.50. The summed E-state index contributed by atoms with van der Waals surface area (Å²) in [6, 6.07) is 0.455. The van der Waals surface area contributed by atoms with Crippen molar-refractivity contribution in [3.63, 3.8) is 0 Å². The summed E-state index contributed by atoms with van der Waals surface area (Å²) >= 11 is 0. The van der Waals surface area contributed by atoms with Crippen LogP contribution in [0.25, 0.3) is 0 Å². The van der Waals surface area contributed by atoms with Crippen molar-refractivity contribution in [1.29, 1.82) is 0 Å². The summed E-state index contributed by atoms with van der Waals surface area (Å²) in [7, 11) is 0. The molecular weight excluding hydrogens is 214 g/mol. The van der Waals surface area contributed by atoms with Crippen molar-refractivity contribution < 1.29 is 9.84 Å². The minimum Gasteiger partial charge on any atom is -0.395 e. The van der Waals surface area contributed by atoms with Crippen molar-refractivity contribution in [2.24, 2.45) is 17.3 Å². The maximum Gasteiger partial charge on any atom is 0.0589 e. The smallest absolute Gasteiger partial charge is 0.0589 e. The Kier molecular flexibility index (Phi) is 2.96. The third-order valence-electron chi connectivity index (χ3n) is 4.82. The van der Waals surface area contributed by atoms with E-state index in [1.165, 1.54) is 25.8 Å². The molecule has 1 heterocycles. The zero-order chi connectivity index (χ0) is 12.0. The van der Waals surface area contributed by atoms with E-state index in [0.29, 0.717) is 24.2 Å². The molecule has 0 aromatic heterocycles. The van der Waals surface area contributed by atoms with Crippen LogP contribution in [0.4, 0.5) is 0 Å². The van der Waals surface area contributed by atoms with Gasteiger partial charge in [-0.3, -0.25) is 4.90 Å². The van der Waals surface area contributed by atoms with Gasteiger partial charge in [0.05, 0.1) is 19.3 Å².